The number of ether oxygens (including phenoxy) is 1. The Morgan fingerprint density at radius 2 is 1.71 bits per heavy atom. The van der Waals surface area contributed by atoms with E-state index in [-0.39, 0.29) is 17.1 Å². The van der Waals surface area contributed by atoms with Crippen molar-refractivity contribution < 1.29 is 23.5 Å². The fourth-order valence-corrected chi connectivity index (χ4v) is 3.36. The highest BCUT2D eigenvalue weighted by atomic mass is 19.1. The number of hydrogen-bond donors (Lipinski definition) is 2. The van der Waals surface area contributed by atoms with Gasteiger partial charge in [-0.1, -0.05) is 12.1 Å². The van der Waals surface area contributed by atoms with E-state index in [0.717, 1.165) is 16.4 Å². The second kappa shape index (κ2) is 6.25. The first-order chi connectivity index (χ1) is 13.1. The minimum atomic E-state index is -0.561. The number of fused-ring (bicyclic) bond motifs is 1. The maximum absolute atomic E-state index is 14.5. The van der Waals surface area contributed by atoms with E-state index < -0.39 is 24.1 Å². The number of phenolic OH excluding ortho intramolecular Hbond substituents is 1. The van der Waals surface area contributed by atoms with Crippen LogP contribution in [0.15, 0.2) is 36.4 Å². The Labute approximate surface area is 163 Å². The van der Waals surface area contributed by atoms with Gasteiger partial charge in [0.1, 0.15) is 17.3 Å². The van der Waals surface area contributed by atoms with Crippen molar-refractivity contribution >= 4 is 23.5 Å². The van der Waals surface area contributed by atoms with Crippen LogP contribution in [0.25, 0.3) is 22.2 Å². The largest absolute Gasteiger partial charge is 0.507 e. The van der Waals surface area contributed by atoms with E-state index in [9.17, 15) is 9.50 Å². The summed E-state index contributed by atoms with van der Waals surface area (Å²) in [5, 5.41) is 11.1. The van der Waals surface area contributed by atoms with Gasteiger partial charge in [-0.25, -0.2) is 4.39 Å². The molecule has 3 aromatic rings. The van der Waals surface area contributed by atoms with Crippen LogP contribution in [-0.4, -0.2) is 35.5 Å². The molecule has 0 spiro atoms. The van der Waals surface area contributed by atoms with Gasteiger partial charge in [0.15, 0.2) is 0 Å². The summed E-state index contributed by atoms with van der Waals surface area (Å²) in [6.07, 6.45) is 0. The van der Waals surface area contributed by atoms with Gasteiger partial charge in [-0.05, 0) is 50.7 Å². The lowest BCUT2D eigenvalue weighted by atomic mass is 9.78. The fourth-order valence-electron chi connectivity index (χ4n) is 3.36. The molecule has 0 amide bonds. The first-order valence-electron chi connectivity index (χ1n) is 9.16. The van der Waals surface area contributed by atoms with Gasteiger partial charge in [-0.2, -0.15) is 0 Å². The standard InChI is InChI=1S/C21H23BFNO4/c1-20(2)21(3,4)28-22(27-20)13-6-7-16-12(8-13)9-17(24-16)19-15(23)10-14(26-5)11-18(19)25/h6-11,24-25H,1-5H3. The van der Waals surface area contributed by atoms with Crippen molar-refractivity contribution in [2.24, 2.45) is 0 Å². The number of H-pyrrole nitrogens is 1. The molecule has 0 aliphatic carbocycles. The Morgan fingerprint density at radius 1 is 1.04 bits per heavy atom. The normalized spacial score (nSPS) is 18.0. The maximum atomic E-state index is 14.5. The third kappa shape index (κ3) is 2.95. The van der Waals surface area contributed by atoms with E-state index >= 15 is 0 Å². The van der Waals surface area contributed by atoms with Gasteiger partial charge in [0.25, 0.3) is 0 Å². The SMILES string of the molecule is COc1cc(O)c(-c2cc3cc(B4OC(C)(C)C(C)(C)O4)ccc3[nH]2)c(F)c1. The number of benzene rings is 2. The molecular formula is C21H23BFNO4. The fraction of sp³-hybridized carbons (Fsp3) is 0.333. The zero-order chi connectivity index (χ0) is 20.3. The number of aromatic amines is 1. The van der Waals surface area contributed by atoms with Crippen LogP contribution in [0.1, 0.15) is 27.7 Å². The van der Waals surface area contributed by atoms with E-state index in [4.69, 9.17) is 14.0 Å². The molecule has 1 fully saturated rings. The lowest BCUT2D eigenvalue weighted by Crippen LogP contribution is -2.41. The number of aromatic hydroxyl groups is 1. The molecule has 2 aromatic carbocycles. The molecule has 0 unspecified atom stereocenters. The highest BCUT2D eigenvalue weighted by molar-refractivity contribution is 6.62. The number of phenols is 1. The van der Waals surface area contributed by atoms with Crippen molar-refractivity contribution in [3.8, 4) is 22.8 Å². The van der Waals surface area contributed by atoms with Crippen molar-refractivity contribution in [1.29, 1.82) is 0 Å². The third-order valence-electron chi connectivity index (χ3n) is 5.72. The summed E-state index contributed by atoms with van der Waals surface area (Å²) in [5.41, 5.74) is 1.45. The van der Waals surface area contributed by atoms with E-state index in [1.807, 2.05) is 45.9 Å². The van der Waals surface area contributed by atoms with E-state index in [1.54, 1.807) is 6.07 Å². The van der Waals surface area contributed by atoms with Crippen LogP contribution >= 0.6 is 0 Å². The summed E-state index contributed by atoms with van der Waals surface area (Å²) >= 11 is 0. The van der Waals surface area contributed by atoms with Crippen molar-refractivity contribution in [2.45, 2.75) is 38.9 Å². The molecule has 0 bridgehead atoms. The molecule has 5 nitrogen and oxygen atoms in total. The minimum absolute atomic E-state index is 0.106. The lowest BCUT2D eigenvalue weighted by molar-refractivity contribution is 0.00578. The Morgan fingerprint density at radius 3 is 2.32 bits per heavy atom. The molecule has 1 aliphatic rings. The quantitative estimate of drug-likeness (QED) is 0.672. The van der Waals surface area contributed by atoms with Crippen LogP contribution in [0.3, 0.4) is 0 Å². The topological polar surface area (TPSA) is 63.7 Å². The van der Waals surface area contributed by atoms with Crippen LogP contribution in [0.5, 0.6) is 11.5 Å². The highest BCUT2D eigenvalue weighted by Gasteiger charge is 2.51. The van der Waals surface area contributed by atoms with Crippen molar-refractivity contribution in [2.75, 3.05) is 7.11 Å². The molecule has 0 radical (unpaired) electrons. The Kier molecular flexibility index (Phi) is 4.21. The summed E-state index contributed by atoms with van der Waals surface area (Å²) in [6.45, 7) is 8.04. The summed E-state index contributed by atoms with van der Waals surface area (Å²) in [6, 6.07) is 10.2. The number of methoxy groups -OCH3 is 1. The van der Waals surface area contributed by atoms with Crippen molar-refractivity contribution in [3.05, 3.63) is 42.2 Å². The molecule has 28 heavy (non-hydrogen) atoms. The number of hydrogen-bond acceptors (Lipinski definition) is 4. The third-order valence-corrected chi connectivity index (χ3v) is 5.72. The molecule has 4 rings (SSSR count). The molecular weight excluding hydrogens is 360 g/mol. The summed E-state index contributed by atoms with van der Waals surface area (Å²) in [4.78, 5) is 3.16. The zero-order valence-corrected chi connectivity index (χ0v) is 16.6. The average Bonchev–Trinajstić information content (AvgIpc) is 3.11. The molecule has 7 heteroatoms. The first kappa shape index (κ1) is 18.8. The smallest absolute Gasteiger partial charge is 0.494 e. The summed E-state index contributed by atoms with van der Waals surface area (Å²) < 4.78 is 31.7. The van der Waals surface area contributed by atoms with Crippen molar-refractivity contribution in [3.63, 3.8) is 0 Å². The molecule has 1 aliphatic heterocycles. The molecule has 1 aromatic heterocycles. The Bertz CT molecular complexity index is 1020. The predicted octanol–water partition coefficient (Wildman–Crippen LogP) is 3.99. The lowest BCUT2D eigenvalue weighted by Gasteiger charge is -2.32. The predicted molar refractivity (Wildman–Crippen MR) is 108 cm³/mol. The number of rotatable bonds is 3. The van der Waals surface area contributed by atoms with Gasteiger partial charge in [-0.3, -0.25) is 0 Å². The van der Waals surface area contributed by atoms with Crippen LogP contribution in [0.4, 0.5) is 4.39 Å². The van der Waals surface area contributed by atoms with Crippen LogP contribution in [0.2, 0.25) is 0 Å². The van der Waals surface area contributed by atoms with Crippen LogP contribution < -0.4 is 10.2 Å². The molecule has 0 atom stereocenters. The Hall–Kier alpha value is -2.51. The number of nitrogens with one attached hydrogen (secondary N) is 1. The van der Waals surface area contributed by atoms with Crippen LogP contribution in [0, 0.1) is 5.82 Å². The summed E-state index contributed by atoms with van der Waals surface area (Å²) in [5.74, 6) is -0.484. The van der Waals surface area contributed by atoms with Gasteiger partial charge in [0.2, 0.25) is 0 Å². The minimum Gasteiger partial charge on any atom is -0.507 e. The Balaban J connectivity index is 1.73. The van der Waals surface area contributed by atoms with Gasteiger partial charge >= 0.3 is 7.12 Å². The summed E-state index contributed by atoms with van der Waals surface area (Å²) in [7, 11) is 0.951. The number of aromatic nitrogens is 1. The second-order valence-electron chi connectivity index (χ2n) is 8.12. The average molecular weight is 383 g/mol. The second-order valence-corrected chi connectivity index (χ2v) is 8.12. The zero-order valence-electron chi connectivity index (χ0n) is 16.6. The van der Waals surface area contributed by atoms with Gasteiger partial charge in [0, 0.05) is 17.6 Å². The highest BCUT2D eigenvalue weighted by Crippen LogP contribution is 2.38. The van der Waals surface area contributed by atoms with E-state index in [1.165, 1.54) is 19.2 Å². The van der Waals surface area contributed by atoms with E-state index in [2.05, 4.69) is 4.98 Å². The van der Waals surface area contributed by atoms with Gasteiger partial charge in [-0.15, -0.1) is 0 Å². The monoisotopic (exact) mass is 383 g/mol. The molecule has 2 heterocycles. The molecule has 0 saturated carbocycles. The molecule has 2 N–H and O–H groups in total. The van der Waals surface area contributed by atoms with Gasteiger partial charge < -0.3 is 24.1 Å². The van der Waals surface area contributed by atoms with Gasteiger partial charge in [0.05, 0.1) is 29.6 Å². The molecule has 1 saturated heterocycles. The van der Waals surface area contributed by atoms with Crippen LogP contribution in [-0.2, 0) is 9.31 Å². The number of halogens is 1. The maximum Gasteiger partial charge on any atom is 0.494 e. The van der Waals surface area contributed by atoms with Crippen molar-refractivity contribution in [1.82, 2.24) is 4.98 Å². The first-order valence-corrected chi connectivity index (χ1v) is 9.16. The molecule has 146 valence electrons. The van der Waals surface area contributed by atoms with E-state index in [0.29, 0.717) is 5.69 Å².